The van der Waals surface area contributed by atoms with Crippen molar-refractivity contribution in [2.24, 2.45) is 0 Å². The SMILES string of the molecule is CC1(c2cccc(Cl)c2)CC(O)CCN1. The van der Waals surface area contributed by atoms with Crippen LogP contribution >= 0.6 is 11.6 Å². The van der Waals surface area contributed by atoms with Gasteiger partial charge < -0.3 is 10.4 Å². The molecule has 0 aliphatic carbocycles. The minimum Gasteiger partial charge on any atom is -0.393 e. The highest BCUT2D eigenvalue weighted by atomic mass is 35.5. The Balaban J connectivity index is 2.28. The molecule has 2 atom stereocenters. The average molecular weight is 226 g/mol. The normalized spacial score (nSPS) is 31.5. The van der Waals surface area contributed by atoms with Gasteiger partial charge in [-0.25, -0.2) is 0 Å². The highest BCUT2D eigenvalue weighted by Crippen LogP contribution is 2.31. The van der Waals surface area contributed by atoms with Gasteiger partial charge in [-0.2, -0.15) is 0 Å². The first-order valence-corrected chi connectivity index (χ1v) is 5.67. The van der Waals surface area contributed by atoms with Crippen molar-refractivity contribution in [1.82, 2.24) is 5.32 Å². The molecule has 1 aliphatic heterocycles. The number of aliphatic hydroxyl groups excluding tert-OH is 1. The maximum Gasteiger partial charge on any atom is 0.0573 e. The monoisotopic (exact) mass is 225 g/mol. The Morgan fingerprint density at radius 2 is 2.33 bits per heavy atom. The highest BCUT2D eigenvalue weighted by molar-refractivity contribution is 6.30. The second kappa shape index (κ2) is 4.12. The van der Waals surface area contributed by atoms with Gasteiger partial charge in [0.25, 0.3) is 0 Å². The van der Waals surface area contributed by atoms with Gasteiger partial charge in [0, 0.05) is 10.6 Å². The van der Waals surface area contributed by atoms with Gasteiger partial charge in [0.1, 0.15) is 0 Å². The lowest BCUT2D eigenvalue weighted by atomic mass is 9.83. The Morgan fingerprint density at radius 1 is 1.53 bits per heavy atom. The summed E-state index contributed by atoms with van der Waals surface area (Å²) in [7, 11) is 0. The van der Waals surface area contributed by atoms with Crippen LogP contribution in [-0.2, 0) is 5.54 Å². The van der Waals surface area contributed by atoms with E-state index in [-0.39, 0.29) is 11.6 Å². The van der Waals surface area contributed by atoms with Crippen molar-refractivity contribution in [2.75, 3.05) is 6.54 Å². The summed E-state index contributed by atoms with van der Waals surface area (Å²) in [5.74, 6) is 0. The number of hydrogen-bond acceptors (Lipinski definition) is 2. The predicted octanol–water partition coefficient (Wildman–Crippen LogP) is 2.30. The van der Waals surface area contributed by atoms with Crippen molar-refractivity contribution in [3.05, 3.63) is 34.9 Å². The largest absolute Gasteiger partial charge is 0.393 e. The third kappa shape index (κ3) is 2.33. The molecule has 1 heterocycles. The summed E-state index contributed by atoms with van der Waals surface area (Å²) in [5, 5.41) is 13.9. The number of benzene rings is 1. The van der Waals surface area contributed by atoms with Crippen LogP contribution in [0, 0.1) is 0 Å². The van der Waals surface area contributed by atoms with Crippen LogP contribution < -0.4 is 5.32 Å². The summed E-state index contributed by atoms with van der Waals surface area (Å²) in [5.41, 5.74) is 0.997. The summed E-state index contributed by atoms with van der Waals surface area (Å²) in [6.07, 6.45) is 1.36. The lowest BCUT2D eigenvalue weighted by Crippen LogP contribution is -2.47. The summed E-state index contributed by atoms with van der Waals surface area (Å²) in [6.45, 7) is 2.96. The van der Waals surface area contributed by atoms with E-state index >= 15 is 0 Å². The standard InChI is InChI=1S/C12H16ClNO/c1-12(8-11(15)5-6-14-12)9-3-2-4-10(13)7-9/h2-4,7,11,14-15H,5-6,8H2,1H3. The van der Waals surface area contributed by atoms with E-state index in [0.717, 1.165) is 30.0 Å². The zero-order valence-electron chi connectivity index (χ0n) is 8.83. The van der Waals surface area contributed by atoms with Crippen LogP contribution in [0.15, 0.2) is 24.3 Å². The van der Waals surface area contributed by atoms with E-state index in [4.69, 9.17) is 11.6 Å². The van der Waals surface area contributed by atoms with Crippen LogP contribution in [0.5, 0.6) is 0 Å². The molecule has 1 aromatic carbocycles. The van der Waals surface area contributed by atoms with Gasteiger partial charge in [-0.1, -0.05) is 23.7 Å². The smallest absolute Gasteiger partial charge is 0.0573 e. The maximum absolute atomic E-state index is 9.70. The fraction of sp³-hybridized carbons (Fsp3) is 0.500. The average Bonchev–Trinajstić information content (AvgIpc) is 2.17. The van der Waals surface area contributed by atoms with Crippen LogP contribution in [-0.4, -0.2) is 17.8 Å². The highest BCUT2D eigenvalue weighted by Gasteiger charge is 2.32. The molecular formula is C12H16ClNO. The zero-order chi connectivity index (χ0) is 10.9. The number of rotatable bonds is 1. The van der Waals surface area contributed by atoms with Gasteiger partial charge in [0.15, 0.2) is 0 Å². The van der Waals surface area contributed by atoms with E-state index in [1.807, 2.05) is 18.2 Å². The second-order valence-corrected chi connectivity index (χ2v) is 4.85. The van der Waals surface area contributed by atoms with Crippen LogP contribution in [0.4, 0.5) is 0 Å². The second-order valence-electron chi connectivity index (χ2n) is 4.42. The third-order valence-corrected chi connectivity index (χ3v) is 3.33. The number of piperidine rings is 1. The Kier molecular flexibility index (Phi) is 3.01. The number of nitrogens with one attached hydrogen (secondary N) is 1. The molecule has 1 aromatic rings. The Bertz CT molecular complexity index is 355. The van der Waals surface area contributed by atoms with Crippen molar-refractivity contribution in [2.45, 2.75) is 31.4 Å². The van der Waals surface area contributed by atoms with E-state index in [1.165, 1.54) is 0 Å². The van der Waals surface area contributed by atoms with Crippen molar-refractivity contribution < 1.29 is 5.11 Å². The summed E-state index contributed by atoms with van der Waals surface area (Å²) in [4.78, 5) is 0. The summed E-state index contributed by atoms with van der Waals surface area (Å²) >= 11 is 5.97. The molecule has 0 bridgehead atoms. The first-order valence-electron chi connectivity index (χ1n) is 5.29. The third-order valence-electron chi connectivity index (χ3n) is 3.10. The molecule has 0 spiro atoms. The van der Waals surface area contributed by atoms with E-state index in [0.29, 0.717) is 0 Å². The molecule has 3 heteroatoms. The van der Waals surface area contributed by atoms with Crippen LogP contribution in [0.1, 0.15) is 25.3 Å². The van der Waals surface area contributed by atoms with E-state index in [1.54, 1.807) is 0 Å². The molecule has 2 rings (SSSR count). The van der Waals surface area contributed by atoms with Gasteiger partial charge in [-0.3, -0.25) is 0 Å². The first kappa shape index (κ1) is 10.9. The number of hydrogen-bond donors (Lipinski definition) is 2. The van der Waals surface area contributed by atoms with Gasteiger partial charge >= 0.3 is 0 Å². The van der Waals surface area contributed by atoms with Gasteiger partial charge in [0.05, 0.1) is 6.10 Å². The van der Waals surface area contributed by atoms with Gasteiger partial charge in [-0.15, -0.1) is 0 Å². The van der Waals surface area contributed by atoms with Crippen molar-refractivity contribution in [3.8, 4) is 0 Å². The molecule has 15 heavy (non-hydrogen) atoms. The molecule has 2 nitrogen and oxygen atoms in total. The fourth-order valence-electron chi connectivity index (χ4n) is 2.21. The van der Waals surface area contributed by atoms with Crippen molar-refractivity contribution in [1.29, 1.82) is 0 Å². The molecule has 1 saturated heterocycles. The first-order chi connectivity index (χ1) is 7.10. The summed E-state index contributed by atoms with van der Waals surface area (Å²) in [6, 6.07) is 7.84. The zero-order valence-corrected chi connectivity index (χ0v) is 9.59. The van der Waals surface area contributed by atoms with Crippen molar-refractivity contribution in [3.63, 3.8) is 0 Å². The molecule has 0 aromatic heterocycles. The molecule has 0 radical (unpaired) electrons. The lowest BCUT2D eigenvalue weighted by Gasteiger charge is -2.38. The molecule has 0 saturated carbocycles. The molecule has 1 aliphatic rings. The van der Waals surface area contributed by atoms with E-state index < -0.39 is 0 Å². The van der Waals surface area contributed by atoms with Gasteiger partial charge in [0.2, 0.25) is 0 Å². The Hall–Kier alpha value is -0.570. The van der Waals surface area contributed by atoms with Gasteiger partial charge in [-0.05, 0) is 44.0 Å². The van der Waals surface area contributed by atoms with E-state index in [2.05, 4.69) is 18.3 Å². The topological polar surface area (TPSA) is 32.3 Å². The Labute approximate surface area is 95.3 Å². The van der Waals surface area contributed by atoms with Crippen LogP contribution in [0.3, 0.4) is 0 Å². The minimum atomic E-state index is -0.213. The summed E-state index contributed by atoms with van der Waals surface area (Å²) < 4.78 is 0. The number of aliphatic hydroxyl groups is 1. The minimum absolute atomic E-state index is 0.150. The van der Waals surface area contributed by atoms with Crippen LogP contribution in [0.2, 0.25) is 5.02 Å². The molecule has 82 valence electrons. The molecule has 2 unspecified atom stereocenters. The maximum atomic E-state index is 9.70. The Morgan fingerprint density at radius 3 is 3.00 bits per heavy atom. The molecular weight excluding hydrogens is 210 g/mol. The van der Waals surface area contributed by atoms with E-state index in [9.17, 15) is 5.11 Å². The molecule has 2 N–H and O–H groups in total. The predicted molar refractivity (Wildman–Crippen MR) is 62.0 cm³/mol. The van der Waals surface area contributed by atoms with Crippen LogP contribution in [0.25, 0.3) is 0 Å². The molecule has 0 amide bonds. The quantitative estimate of drug-likeness (QED) is 0.769. The molecule has 1 fully saturated rings. The fourth-order valence-corrected chi connectivity index (χ4v) is 2.40. The lowest BCUT2D eigenvalue weighted by molar-refractivity contribution is 0.0835. The number of halogens is 1. The van der Waals surface area contributed by atoms with Crippen molar-refractivity contribution >= 4 is 11.6 Å².